The number of rotatable bonds is 5. The van der Waals surface area contributed by atoms with Gasteiger partial charge in [-0.25, -0.2) is 13.1 Å². The van der Waals surface area contributed by atoms with Crippen molar-refractivity contribution < 1.29 is 18.1 Å². The van der Waals surface area contributed by atoms with Crippen molar-refractivity contribution in [1.82, 2.24) is 4.72 Å². The molecule has 0 spiro atoms. The first-order valence-corrected chi connectivity index (χ1v) is 8.70. The maximum Gasteiger partial charge on any atom is 0.270 e. The van der Waals surface area contributed by atoms with Crippen molar-refractivity contribution in [2.75, 3.05) is 6.61 Å². The summed E-state index contributed by atoms with van der Waals surface area (Å²) >= 11 is 0. The van der Waals surface area contributed by atoms with Crippen molar-refractivity contribution in [3.8, 4) is 0 Å². The molecule has 1 aliphatic heterocycles. The average molecular weight is 326 g/mol. The van der Waals surface area contributed by atoms with Crippen LogP contribution in [-0.4, -0.2) is 31.6 Å². The summed E-state index contributed by atoms with van der Waals surface area (Å²) in [6, 6.07) is 5.08. The molecule has 3 rings (SSSR count). The summed E-state index contributed by atoms with van der Waals surface area (Å²) in [7, 11) is -3.83. The highest BCUT2D eigenvalue weighted by atomic mass is 32.2. The van der Waals surface area contributed by atoms with Crippen LogP contribution in [0.4, 0.5) is 5.69 Å². The van der Waals surface area contributed by atoms with E-state index in [9.17, 15) is 18.5 Å². The van der Waals surface area contributed by atoms with Crippen LogP contribution >= 0.6 is 0 Å². The molecule has 1 aliphatic carbocycles. The fraction of sp³-hybridized carbons (Fsp3) is 0.571. The molecule has 8 heteroatoms. The maximum atomic E-state index is 12.6. The van der Waals surface area contributed by atoms with E-state index >= 15 is 0 Å². The minimum atomic E-state index is -3.83. The average Bonchev–Trinajstić information content (AvgIpc) is 3.22. The summed E-state index contributed by atoms with van der Waals surface area (Å²) in [6.07, 6.45) is 2.58. The number of nitro benzene ring substituents is 1. The van der Waals surface area contributed by atoms with Gasteiger partial charge in [0.2, 0.25) is 10.0 Å². The second-order valence-electron chi connectivity index (χ2n) is 6.16. The van der Waals surface area contributed by atoms with Crippen LogP contribution in [0, 0.1) is 16.0 Å². The lowest BCUT2D eigenvalue weighted by molar-refractivity contribution is -0.385. The van der Waals surface area contributed by atoms with Crippen molar-refractivity contribution >= 4 is 15.7 Å². The van der Waals surface area contributed by atoms with Gasteiger partial charge in [0.1, 0.15) is 0 Å². The molecule has 2 aliphatic rings. The van der Waals surface area contributed by atoms with E-state index in [1.807, 2.05) is 6.92 Å². The van der Waals surface area contributed by atoms with Gasteiger partial charge in [-0.1, -0.05) is 6.07 Å². The summed E-state index contributed by atoms with van der Waals surface area (Å²) < 4.78 is 33.5. The Morgan fingerprint density at radius 1 is 1.41 bits per heavy atom. The molecule has 0 aromatic heterocycles. The van der Waals surface area contributed by atoms with Crippen molar-refractivity contribution in [2.24, 2.45) is 5.92 Å². The third-order valence-electron chi connectivity index (χ3n) is 4.30. The number of nitrogens with zero attached hydrogens (tertiary/aromatic N) is 1. The second-order valence-corrected chi connectivity index (χ2v) is 7.84. The largest absolute Gasteiger partial charge is 0.376 e. The quantitative estimate of drug-likeness (QED) is 0.657. The zero-order valence-corrected chi connectivity index (χ0v) is 13.0. The standard InChI is InChI=1S/C14H18N2O5S/c1-14(7-8-21-13(14)10-5-6-10)15-22(19,20)12-4-2-3-11(9-12)16(17)18/h2-4,9-10,13,15H,5-8H2,1H3/t13-,14+/m1/s1. The van der Waals surface area contributed by atoms with E-state index in [4.69, 9.17) is 4.74 Å². The van der Waals surface area contributed by atoms with E-state index in [2.05, 4.69) is 4.72 Å². The van der Waals surface area contributed by atoms with Crippen LogP contribution < -0.4 is 4.72 Å². The molecule has 0 bridgehead atoms. The summed E-state index contributed by atoms with van der Waals surface area (Å²) in [4.78, 5) is 10.1. The van der Waals surface area contributed by atoms with Gasteiger partial charge in [0.05, 0.1) is 21.5 Å². The Kier molecular flexibility index (Phi) is 3.70. The molecule has 1 aromatic rings. The Labute approximate surface area is 128 Å². The number of nitro groups is 1. The molecule has 1 saturated heterocycles. The van der Waals surface area contributed by atoms with Gasteiger partial charge in [0, 0.05) is 18.7 Å². The Hall–Kier alpha value is -1.51. The van der Waals surface area contributed by atoms with Crippen molar-refractivity contribution in [3.05, 3.63) is 34.4 Å². The van der Waals surface area contributed by atoms with E-state index in [1.54, 1.807) is 0 Å². The Morgan fingerprint density at radius 3 is 2.77 bits per heavy atom. The van der Waals surface area contributed by atoms with Gasteiger partial charge in [-0.15, -0.1) is 0 Å². The van der Waals surface area contributed by atoms with Gasteiger partial charge < -0.3 is 4.74 Å². The van der Waals surface area contributed by atoms with Gasteiger partial charge >= 0.3 is 0 Å². The summed E-state index contributed by atoms with van der Waals surface area (Å²) in [5.41, 5.74) is -0.903. The topological polar surface area (TPSA) is 98.5 Å². The first-order valence-electron chi connectivity index (χ1n) is 7.22. The van der Waals surface area contributed by atoms with Gasteiger partial charge in [0.25, 0.3) is 5.69 Å². The van der Waals surface area contributed by atoms with Crippen LogP contribution in [0.15, 0.2) is 29.2 Å². The number of non-ortho nitro benzene ring substituents is 1. The van der Waals surface area contributed by atoms with Crippen LogP contribution in [0.25, 0.3) is 0 Å². The van der Waals surface area contributed by atoms with Crippen molar-refractivity contribution in [1.29, 1.82) is 0 Å². The van der Waals surface area contributed by atoms with E-state index in [-0.39, 0.29) is 16.7 Å². The molecule has 0 radical (unpaired) electrons. The minimum absolute atomic E-state index is 0.0932. The van der Waals surface area contributed by atoms with E-state index in [0.717, 1.165) is 18.9 Å². The van der Waals surface area contributed by atoms with Gasteiger partial charge in [-0.3, -0.25) is 10.1 Å². The van der Waals surface area contributed by atoms with Crippen LogP contribution in [-0.2, 0) is 14.8 Å². The number of sulfonamides is 1. The number of nitrogens with one attached hydrogen (secondary N) is 1. The predicted octanol–water partition coefficient (Wildman–Crippen LogP) is 1.83. The maximum absolute atomic E-state index is 12.6. The SMILES string of the molecule is C[C@]1(NS(=O)(=O)c2cccc([N+](=O)[O-])c2)CCO[C@@H]1C1CC1. The number of ether oxygens (including phenoxy) is 1. The molecule has 2 fully saturated rings. The number of hydrogen-bond acceptors (Lipinski definition) is 5. The zero-order valence-electron chi connectivity index (χ0n) is 12.2. The highest BCUT2D eigenvalue weighted by Crippen LogP contribution is 2.43. The lowest BCUT2D eigenvalue weighted by Crippen LogP contribution is -2.52. The van der Waals surface area contributed by atoms with Gasteiger partial charge in [-0.05, 0) is 38.2 Å². The van der Waals surface area contributed by atoms with E-state index < -0.39 is 20.5 Å². The van der Waals surface area contributed by atoms with Crippen LogP contribution in [0.3, 0.4) is 0 Å². The molecule has 2 atom stereocenters. The molecule has 0 amide bonds. The highest BCUT2D eigenvalue weighted by Gasteiger charge is 2.50. The van der Waals surface area contributed by atoms with Crippen LogP contribution in [0.1, 0.15) is 26.2 Å². The molecule has 1 aromatic carbocycles. The second kappa shape index (κ2) is 5.29. The molecular formula is C14H18N2O5S. The van der Waals surface area contributed by atoms with Gasteiger partial charge in [-0.2, -0.15) is 0 Å². The van der Waals surface area contributed by atoms with E-state index in [1.165, 1.54) is 18.2 Å². The smallest absolute Gasteiger partial charge is 0.270 e. The first kappa shape index (κ1) is 15.4. The van der Waals surface area contributed by atoms with Crippen LogP contribution in [0.2, 0.25) is 0 Å². The molecule has 7 nitrogen and oxygen atoms in total. The molecular weight excluding hydrogens is 308 g/mol. The van der Waals surface area contributed by atoms with Crippen molar-refractivity contribution in [3.63, 3.8) is 0 Å². The summed E-state index contributed by atoms with van der Waals surface area (Å²) in [6.45, 7) is 2.37. The normalized spacial score (nSPS) is 28.7. The summed E-state index contributed by atoms with van der Waals surface area (Å²) in [5, 5.41) is 10.8. The lowest BCUT2D eigenvalue weighted by atomic mass is 9.92. The zero-order chi connectivity index (χ0) is 16.0. The van der Waals surface area contributed by atoms with E-state index in [0.29, 0.717) is 18.9 Å². The fourth-order valence-electron chi connectivity index (χ4n) is 3.02. The molecule has 1 saturated carbocycles. The Balaban J connectivity index is 1.87. The van der Waals surface area contributed by atoms with Crippen molar-refractivity contribution in [2.45, 2.75) is 42.7 Å². The number of hydrogen-bond donors (Lipinski definition) is 1. The summed E-state index contributed by atoms with van der Waals surface area (Å²) in [5.74, 6) is 0.403. The predicted molar refractivity (Wildman–Crippen MR) is 78.9 cm³/mol. The third-order valence-corrected chi connectivity index (χ3v) is 5.91. The minimum Gasteiger partial charge on any atom is -0.376 e. The number of benzene rings is 1. The lowest BCUT2D eigenvalue weighted by Gasteiger charge is -2.30. The molecule has 1 heterocycles. The van der Waals surface area contributed by atoms with Crippen LogP contribution in [0.5, 0.6) is 0 Å². The monoisotopic (exact) mass is 326 g/mol. The Morgan fingerprint density at radius 2 is 2.14 bits per heavy atom. The Bertz CT molecular complexity index is 701. The molecule has 22 heavy (non-hydrogen) atoms. The first-order chi connectivity index (χ1) is 10.3. The highest BCUT2D eigenvalue weighted by molar-refractivity contribution is 7.89. The fourth-order valence-corrected chi connectivity index (χ4v) is 4.50. The van der Waals surface area contributed by atoms with Gasteiger partial charge in [0.15, 0.2) is 0 Å². The molecule has 0 unspecified atom stereocenters. The molecule has 1 N–H and O–H groups in total. The third kappa shape index (κ3) is 2.86. The molecule has 120 valence electrons.